The second-order valence-corrected chi connectivity index (χ2v) is 5.35. The molecule has 2 aromatic carbocycles. The van der Waals surface area contributed by atoms with Gasteiger partial charge in [-0.05, 0) is 42.7 Å². The van der Waals surface area contributed by atoms with Gasteiger partial charge in [-0.2, -0.15) is 0 Å². The number of nitrogen functional groups attached to an aromatic ring is 1. The van der Waals surface area contributed by atoms with Crippen LogP contribution in [0.3, 0.4) is 0 Å². The average Bonchev–Trinajstić information content (AvgIpc) is 2.48. The molecule has 0 radical (unpaired) electrons. The van der Waals surface area contributed by atoms with Crippen molar-refractivity contribution in [2.24, 2.45) is 0 Å². The van der Waals surface area contributed by atoms with Crippen LogP contribution in [0.2, 0.25) is 0 Å². The lowest BCUT2D eigenvalue weighted by molar-refractivity contribution is 0.101. The monoisotopic (exact) mass is 282 g/mol. The summed E-state index contributed by atoms with van der Waals surface area (Å²) in [7, 11) is 2.02. The minimum absolute atomic E-state index is 0.00458. The van der Waals surface area contributed by atoms with Crippen molar-refractivity contribution in [3.8, 4) is 0 Å². The molecule has 0 aliphatic carbocycles. The summed E-state index contributed by atoms with van der Waals surface area (Å²) in [6.45, 7) is 4.49. The highest BCUT2D eigenvalue weighted by Crippen LogP contribution is 2.22. The lowest BCUT2D eigenvalue weighted by atomic mass is 10.1. The minimum Gasteiger partial charge on any atom is -0.398 e. The van der Waals surface area contributed by atoms with Crippen molar-refractivity contribution in [1.82, 2.24) is 0 Å². The van der Waals surface area contributed by atoms with Crippen molar-refractivity contribution in [2.45, 2.75) is 26.8 Å². The SMILES string of the molecule is CCc1ccc(CN(C)c2ccc(N)c(C(C)=O)c2)cc1. The molecular weight excluding hydrogens is 260 g/mol. The van der Waals surface area contributed by atoms with Crippen molar-refractivity contribution < 1.29 is 4.79 Å². The van der Waals surface area contributed by atoms with E-state index in [2.05, 4.69) is 36.1 Å². The molecular formula is C18H22N2O. The van der Waals surface area contributed by atoms with E-state index in [1.807, 2.05) is 19.2 Å². The highest BCUT2D eigenvalue weighted by Gasteiger charge is 2.09. The molecule has 0 saturated heterocycles. The summed E-state index contributed by atoms with van der Waals surface area (Å²) in [5, 5.41) is 0. The number of nitrogens with two attached hydrogens (primary N) is 1. The summed E-state index contributed by atoms with van der Waals surface area (Å²) in [6.07, 6.45) is 1.05. The molecule has 2 rings (SSSR count). The normalized spacial score (nSPS) is 10.4. The van der Waals surface area contributed by atoms with E-state index in [9.17, 15) is 4.79 Å². The Labute approximate surface area is 126 Å². The largest absolute Gasteiger partial charge is 0.398 e. The van der Waals surface area contributed by atoms with Gasteiger partial charge in [-0.1, -0.05) is 31.2 Å². The zero-order valence-corrected chi connectivity index (χ0v) is 12.9. The summed E-state index contributed by atoms with van der Waals surface area (Å²) in [6, 6.07) is 14.2. The van der Waals surface area contributed by atoms with Crippen LogP contribution in [0, 0.1) is 0 Å². The van der Waals surface area contributed by atoms with Gasteiger partial charge in [0.2, 0.25) is 0 Å². The van der Waals surface area contributed by atoms with E-state index in [1.165, 1.54) is 11.1 Å². The summed E-state index contributed by atoms with van der Waals surface area (Å²) in [5.41, 5.74) is 10.5. The summed E-state index contributed by atoms with van der Waals surface area (Å²) >= 11 is 0. The molecule has 0 aliphatic rings. The fourth-order valence-corrected chi connectivity index (χ4v) is 2.33. The number of hydrogen-bond acceptors (Lipinski definition) is 3. The second kappa shape index (κ2) is 6.44. The Kier molecular flexibility index (Phi) is 4.63. The summed E-state index contributed by atoms with van der Waals surface area (Å²) < 4.78 is 0. The van der Waals surface area contributed by atoms with Crippen LogP contribution in [-0.4, -0.2) is 12.8 Å². The number of aryl methyl sites for hydroxylation is 1. The minimum atomic E-state index is -0.00458. The molecule has 3 heteroatoms. The number of carbonyl (C=O) groups is 1. The molecule has 2 N–H and O–H groups in total. The molecule has 0 unspecified atom stereocenters. The first kappa shape index (κ1) is 15.1. The fourth-order valence-electron chi connectivity index (χ4n) is 2.33. The first-order chi connectivity index (χ1) is 10.0. The van der Waals surface area contributed by atoms with E-state index in [-0.39, 0.29) is 5.78 Å². The maximum Gasteiger partial charge on any atom is 0.161 e. The zero-order chi connectivity index (χ0) is 15.4. The van der Waals surface area contributed by atoms with Gasteiger partial charge in [-0.25, -0.2) is 0 Å². The number of ketones is 1. The Hall–Kier alpha value is -2.29. The van der Waals surface area contributed by atoms with Gasteiger partial charge in [0.25, 0.3) is 0 Å². The molecule has 0 aliphatic heterocycles. The van der Waals surface area contributed by atoms with Gasteiger partial charge in [0.15, 0.2) is 5.78 Å². The molecule has 0 fully saturated rings. The Morgan fingerprint density at radius 3 is 2.29 bits per heavy atom. The van der Waals surface area contributed by atoms with Gasteiger partial charge in [0.1, 0.15) is 0 Å². The van der Waals surface area contributed by atoms with Crippen LogP contribution in [0.25, 0.3) is 0 Å². The van der Waals surface area contributed by atoms with Gasteiger partial charge in [-0.15, -0.1) is 0 Å². The van der Waals surface area contributed by atoms with Gasteiger partial charge >= 0.3 is 0 Å². The fraction of sp³-hybridized carbons (Fsp3) is 0.278. The van der Waals surface area contributed by atoms with Crippen LogP contribution in [0.1, 0.15) is 35.3 Å². The molecule has 2 aromatic rings. The van der Waals surface area contributed by atoms with Crippen molar-refractivity contribution in [2.75, 3.05) is 17.7 Å². The van der Waals surface area contributed by atoms with E-state index in [4.69, 9.17) is 5.73 Å². The van der Waals surface area contributed by atoms with Crippen LogP contribution < -0.4 is 10.6 Å². The number of carbonyl (C=O) groups excluding carboxylic acids is 1. The quantitative estimate of drug-likeness (QED) is 0.672. The number of hydrogen-bond donors (Lipinski definition) is 1. The lowest BCUT2D eigenvalue weighted by Crippen LogP contribution is -2.17. The maximum atomic E-state index is 11.6. The third-order valence-corrected chi connectivity index (χ3v) is 3.71. The molecule has 0 heterocycles. The zero-order valence-electron chi connectivity index (χ0n) is 12.9. The van der Waals surface area contributed by atoms with Gasteiger partial charge in [-0.3, -0.25) is 4.79 Å². The first-order valence-electron chi connectivity index (χ1n) is 7.20. The van der Waals surface area contributed by atoms with Crippen LogP contribution >= 0.6 is 0 Å². The van der Waals surface area contributed by atoms with Crippen molar-refractivity contribution in [1.29, 1.82) is 0 Å². The predicted octanol–water partition coefficient (Wildman–Crippen LogP) is 3.67. The van der Waals surface area contributed by atoms with Crippen molar-refractivity contribution in [3.63, 3.8) is 0 Å². The molecule has 0 atom stereocenters. The van der Waals surface area contributed by atoms with E-state index in [0.29, 0.717) is 11.3 Å². The standard InChI is InChI=1S/C18H22N2O/c1-4-14-5-7-15(8-6-14)12-20(3)16-9-10-18(19)17(11-16)13(2)21/h5-11H,4,12,19H2,1-3H3. The van der Waals surface area contributed by atoms with Crippen LogP contribution in [0.5, 0.6) is 0 Å². The number of anilines is 2. The maximum absolute atomic E-state index is 11.6. The van der Waals surface area contributed by atoms with Crippen LogP contribution in [-0.2, 0) is 13.0 Å². The molecule has 0 amide bonds. The Morgan fingerprint density at radius 1 is 1.10 bits per heavy atom. The molecule has 0 saturated carbocycles. The van der Waals surface area contributed by atoms with E-state index < -0.39 is 0 Å². The van der Waals surface area contributed by atoms with Gasteiger partial charge in [0.05, 0.1) is 0 Å². The number of rotatable bonds is 5. The molecule has 21 heavy (non-hydrogen) atoms. The van der Waals surface area contributed by atoms with Gasteiger partial charge < -0.3 is 10.6 Å². The lowest BCUT2D eigenvalue weighted by Gasteiger charge is -2.20. The van der Waals surface area contributed by atoms with Gasteiger partial charge in [0, 0.05) is 30.5 Å². The van der Waals surface area contributed by atoms with Crippen LogP contribution in [0.4, 0.5) is 11.4 Å². The molecule has 0 bridgehead atoms. The van der Waals surface area contributed by atoms with Crippen LogP contribution in [0.15, 0.2) is 42.5 Å². The third kappa shape index (κ3) is 3.63. The smallest absolute Gasteiger partial charge is 0.161 e. The number of benzene rings is 2. The number of Topliss-reactive ketones (excluding diaryl/α,β-unsaturated/α-hetero) is 1. The van der Waals surface area contributed by atoms with Crippen molar-refractivity contribution >= 4 is 17.2 Å². The predicted molar refractivity (Wildman–Crippen MR) is 88.8 cm³/mol. The highest BCUT2D eigenvalue weighted by molar-refractivity contribution is 6.00. The Balaban J connectivity index is 2.17. The highest BCUT2D eigenvalue weighted by atomic mass is 16.1. The summed E-state index contributed by atoms with van der Waals surface area (Å²) in [5.74, 6) is -0.00458. The Bertz CT molecular complexity index is 632. The first-order valence-corrected chi connectivity index (χ1v) is 7.20. The third-order valence-electron chi connectivity index (χ3n) is 3.71. The Morgan fingerprint density at radius 2 is 1.71 bits per heavy atom. The molecule has 0 aromatic heterocycles. The molecule has 110 valence electrons. The number of nitrogens with zero attached hydrogens (tertiary/aromatic N) is 1. The van der Waals surface area contributed by atoms with E-state index in [1.54, 1.807) is 13.0 Å². The van der Waals surface area contributed by atoms with E-state index >= 15 is 0 Å². The molecule has 3 nitrogen and oxygen atoms in total. The second-order valence-electron chi connectivity index (χ2n) is 5.35. The summed E-state index contributed by atoms with van der Waals surface area (Å²) in [4.78, 5) is 13.7. The molecule has 0 spiro atoms. The van der Waals surface area contributed by atoms with Crippen molar-refractivity contribution in [3.05, 3.63) is 59.2 Å². The average molecular weight is 282 g/mol. The topological polar surface area (TPSA) is 46.3 Å². The van der Waals surface area contributed by atoms with E-state index in [0.717, 1.165) is 18.7 Å².